The highest BCUT2D eigenvalue weighted by atomic mass is 35.5. The zero-order chi connectivity index (χ0) is 14.8. The summed E-state index contributed by atoms with van der Waals surface area (Å²) in [5.41, 5.74) is 5.59. The van der Waals surface area contributed by atoms with Crippen LogP contribution < -0.4 is 4.90 Å². The molecule has 3 rings (SSSR count). The first kappa shape index (κ1) is 14.2. The van der Waals surface area contributed by atoms with E-state index in [0.717, 1.165) is 18.0 Å². The molecule has 0 spiro atoms. The van der Waals surface area contributed by atoms with Crippen LogP contribution in [0.2, 0.25) is 5.02 Å². The van der Waals surface area contributed by atoms with E-state index in [1.807, 2.05) is 12.1 Å². The van der Waals surface area contributed by atoms with Gasteiger partial charge >= 0.3 is 0 Å². The molecule has 0 saturated heterocycles. The van der Waals surface area contributed by atoms with Crippen molar-refractivity contribution >= 4 is 17.3 Å². The van der Waals surface area contributed by atoms with E-state index < -0.39 is 0 Å². The summed E-state index contributed by atoms with van der Waals surface area (Å²) in [5.74, 6) is 0. The van der Waals surface area contributed by atoms with Crippen molar-refractivity contribution in [3.8, 4) is 0 Å². The lowest BCUT2D eigenvalue weighted by Gasteiger charge is -2.39. The van der Waals surface area contributed by atoms with Crippen molar-refractivity contribution in [1.82, 2.24) is 0 Å². The Morgan fingerprint density at radius 3 is 2.24 bits per heavy atom. The predicted molar refractivity (Wildman–Crippen MR) is 91.0 cm³/mol. The van der Waals surface area contributed by atoms with Gasteiger partial charge in [-0.25, -0.2) is 0 Å². The van der Waals surface area contributed by atoms with Crippen molar-refractivity contribution < 1.29 is 0 Å². The van der Waals surface area contributed by atoms with E-state index >= 15 is 0 Å². The fourth-order valence-corrected chi connectivity index (χ4v) is 3.08. The molecule has 1 unspecified atom stereocenters. The number of nitrogens with zero attached hydrogens (tertiary/aromatic N) is 1. The lowest BCUT2D eigenvalue weighted by Crippen LogP contribution is -2.34. The second-order valence-corrected chi connectivity index (χ2v) is 6.23. The van der Waals surface area contributed by atoms with Gasteiger partial charge in [0.05, 0.1) is 6.04 Å². The second kappa shape index (κ2) is 5.95. The molecule has 0 radical (unpaired) electrons. The molecular weight excluding hydrogens is 278 g/mol. The third kappa shape index (κ3) is 2.98. The fraction of sp³-hybridized carbons (Fsp3) is 0.263. The van der Waals surface area contributed by atoms with Gasteiger partial charge in [0, 0.05) is 17.3 Å². The van der Waals surface area contributed by atoms with Crippen LogP contribution >= 0.6 is 11.6 Å². The monoisotopic (exact) mass is 297 g/mol. The Balaban J connectivity index is 2.00. The van der Waals surface area contributed by atoms with Gasteiger partial charge in [-0.15, -0.1) is 0 Å². The molecule has 1 heterocycles. The molecule has 0 saturated carbocycles. The van der Waals surface area contributed by atoms with Crippen molar-refractivity contribution in [3.05, 3.63) is 76.3 Å². The number of hydrogen-bond donors (Lipinski definition) is 0. The minimum atomic E-state index is 0.399. The summed E-state index contributed by atoms with van der Waals surface area (Å²) >= 11 is 6.03. The van der Waals surface area contributed by atoms with E-state index in [2.05, 4.69) is 61.2 Å². The molecule has 2 aromatic rings. The average Bonchev–Trinajstić information content (AvgIpc) is 2.51. The first-order valence-electron chi connectivity index (χ1n) is 7.37. The van der Waals surface area contributed by atoms with E-state index in [0.29, 0.717) is 6.04 Å². The van der Waals surface area contributed by atoms with Crippen LogP contribution in [0.15, 0.2) is 65.7 Å². The van der Waals surface area contributed by atoms with Crippen molar-refractivity contribution in [2.45, 2.75) is 26.3 Å². The van der Waals surface area contributed by atoms with Gasteiger partial charge in [-0.3, -0.25) is 0 Å². The molecule has 0 bridgehead atoms. The maximum Gasteiger partial charge on any atom is 0.0583 e. The normalized spacial score (nSPS) is 19.0. The summed E-state index contributed by atoms with van der Waals surface area (Å²) in [4.78, 5) is 2.48. The van der Waals surface area contributed by atoms with Crippen LogP contribution in [0.25, 0.3) is 0 Å². The van der Waals surface area contributed by atoms with Gasteiger partial charge in [-0.2, -0.15) is 0 Å². The summed E-state index contributed by atoms with van der Waals surface area (Å²) in [6.07, 6.45) is 1.08. The molecule has 1 aliphatic rings. The van der Waals surface area contributed by atoms with Gasteiger partial charge in [-0.05, 0) is 50.1 Å². The van der Waals surface area contributed by atoms with E-state index in [1.54, 1.807) is 0 Å². The molecule has 0 aliphatic carbocycles. The van der Waals surface area contributed by atoms with Crippen LogP contribution in [-0.4, -0.2) is 6.54 Å². The standard InChI is InChI=1S/C19H20ClN/c1-14-12-19(16-6-4-3-5-7-16)21(13-15(14)2)18-10-8-17(20)9-11-18/h3-11,19H,12-13H2,1-2H3. The van der Waals surface area contributed by atoms with Gasteiger partial charge in [0.1, 0.15) is 0 Å². The Kier molecular flexibility index (Phi) is 4.03. The molecule has 2 heteroatoms. The molecule has 1 atom stereocenters. The van der Waals surface area contributed by atoms with Crippen LogP contribution in [0, 0.1) is 0 Å². The number of hydrogen-bond acceptors (Lipinski definition) is 1. The van der Waals surface area contributed by atoms with Crippen LogP contribution in [0.3, 0.4) is 0 Å². The average molecular weight is 298 g/mol. The Morgan fingerprint density at radius 1 is 0.905 bits per heavy atom. The minimum Gasteiger partial charge on any atom is -0.360 e. The van der Waals surface area contributed by atoms with Crippen LogP contribution in [0.4, 0.5) is 5.69 Å². The zero-order valence-electron chi connectivity index (χ0n) is 12.5. The van der Waals surface area contributed by atoms with E-state index in [-0.39, 0.29) is 0 Å². The van der Waals surface area contributed by atoms with Crippen LogP contribution in [-0.2, 0) is 0 Å². The SMILES string of the molecule is CC1=C(C)CN(c2ccc(Cl)cc2)C(c2ccccc2)C1. The number of rotatable bonds is 2. The van der Waals surface area contributed by atoms with Gasteiger partial charge in [0.2, 0.25) is 0 Å². The smallest absolute Gasteiger partial charge is 0.0583 e. The number of halogens is 1. The summed E-state index contributed by atoms with van der Waals surface area (Å²) in [6, 6.07) is 19.3. The highest BCUT2D eigenvalue weighted by Crippen LogP contribution is 2.37. The summed E-state index contributed by atoms with van der Waals surface area (Å²) in [5, 5.41) is 0.787. The van der Waals surface area contributed by atoms with E-state index in [9.17, 15) is 0 Å². The van der Waals surface area contributed by atoms with E-state index in [1.165, 1.54) is 22.4 Å². The van der Waals surface area contributed by atoms with Crippen LogP contribution in [0.1, 0.15) is 31.9 Å². The molecule has 0 aromatic heterocycles. The van der Waals surface area contributed by atoms with Crippen molar-refractivity contribution in [3.63, 3.8) is 0 Å². The Bertz CT molecular complexity index is 643. The highest BCUT2D eigenvalue weighted by molar-refractivity contribution is 6.30. The molecule has 0 N–H and O–H groups in total. The number of anilines is 1. The molecule has 0 amide bonds. The second-order valence-electron chi connectivity index (χ2n) is 5.80. The lowest BCUT2D eigenvalue weighted by atomic mass is 9.91. The first-order chi connectivity index (χ1) is 10.1. The molecule has 21 heavy (non-hydrogen) atoms. The maximum atomic E-state index is 6.03. The quantitative estimate of drug-likeness (QED) is 0.650. The Hall–Kier alpha value is -1.73. The van der Waals surface area contributed by atoms with Crippen molar-refractivity contribution in [1.29, 1.82) is 0 Å². The Morgan fingerprint density at radius 2 is 1.57 bits per heavy atom. The zero-order valence-corrected chi connectivity index (χ0v) is 13.3. The van der Waals surface area contributed by atoms with Gasteiger partial charge in [0.15, 0.2) is 0 Å². The summed E-state index contributed by atoms with van der Waals surface area (Å²) in [6.45, 7) is 5.47. The molecule has 1 nitrogen and oxygen atoms in total. The van der Waals surface area contributed by atoms with Gasteiger partial charge in [0.25, 0.3) is 0 Å². The molecule has 1 aliphatic heterocycles. The lowest BCUT2D eigenvalue weighted by molar-refractivity contribution is 0.599. The van der Waals surface area contributed by atoms with E-state index in [4.69, 9.17) is 11.6 Å². The predicted octanol–water partition coefficient (Wildman–Crippen LogP) is 5.63. The largest absolute Gasteiger partial charge is 0.360 e. The molecule has 108 valence electrons. The van der Waals surface area contributed by atoms with Gasteiger partial charge < -0.3 is 4.90 Å². The van der Waals surface area contributed by atoms with Crippen LogP contribution in [0.5, 0.6) is 0 Å². The summed E-state index contributed by atoms with van der Waals surface area (Å²) in [7, 11) is 0. The summed E-state index contributed by atoms with van der Waals surface area (Å²) < 4.78 is 0. The minimum absolute atomic E-state index is 0.399. The van der Waals surface area contributed by atoms with Crippen molar-refractivity contribution in [2.24, 2.45) is 0 Å². The third-order valence-corrected chi connectivity index (χ3v) is 4.61. The molecule has 2 aromatic carbocycles. The molecule has 0 fully saturated rings. The highest BCUT2D eigenvalue weighted by Gasteiger charge is 2.26. The fourth-order valence-electron chi connectivity index (χ4n) is 2.95. The van der Waals surface area contributed by atoms with Gasteiger partial charge in [-0.1, -0.05) is 53.1 Å². The molecular formula is C19H20ClN. The Labute approximate surface area is 131 Å². The van der Waals surface area contributed by atoms with Crippen molar-refractivity contribution in [2.75, 3.05) is 11.4 Å². The number of benzene rings is 2. The third-order valence-electron chi connectivity index (χ3n) is 4.35. The first-order valence-corrected chi connectivity index (χ1v) is 7.75. The topological polar surface area (TPSA) is 3.24 Å². The maximum absolute atomic E-state index is 6.03.